The van der Waals surface area contributed by atoms with Gasteiger partial charge in [0.25, 0.3) is 0 Å². The van der Waals surface area contributed by atoms with Crippen LogP contribution in [0, 0.1) is 11.6 Å². The number of aliphatic imine (C=N–C) groups is 1. The van der Waals surface area contributed by atoms with Crippen LogP contribution in [-0.2, 0) is 4.79 Å². The smallest absolute Gasteiger partial charge is 0.242 e. The van der Waals surface area contributed by atoms with Crippen LogP contribution in [0.1, 0.15) is 44.7 Å². The molecular formula is C21H31F2N5O. The monoisotopic (exact) mass is 407 g/mol. The maximum absolute atomic E-state index is 14.3. The van der Waals surface area contributed by atoms with E-state index in [9.17, 15) is 13.6 Å². The molecule has 2 aliphatic rings. The molecule has 1 saturated carbocycles. The number of guanidine groups is 1. The molecule has 1 amide bonds. The number of nitrogens with zero attached hydrogens (tertiary/aromatic N) is 3. The Hall–Kier alpha value is -2.22. The minimum atomic E-state index is -0.553. The van der Waals surface area contributed by atoms with Crippen LogP contribution in [0.4, 0.5) is 8.78 Å². The number of nitrogens with one attached hydrogen (secondary N) is 2. The average Bonchev–Trinajstić information content (AvgIpc) is 3.52. The summed E-state index contributed by atoms with van der Waals surface area (Å²) < 4.78 is 27.5. The summed E-state index contributed by atoms with van der Waals surface area (Å²) >= 11 is 0. The van der Waals surface area contributed by atoms with E-state index in [2.05, 4.69) is 25.4 Å². The van der Waals surface area contributed by atoms with Crippen LogP contribution < -0.4 is 10.6 Å². The number of benzene rings is 1. The molecule has 0 spiro atoms. The van der Waals surface area contributed by atoms with Gasteiger partial charge < -0.3 is 15.5 Å². The average molecular weight is 408 g/mol. The van der Waals surface area contributed by atoms with E-state index < -0.39 is 11.6 Å². The normalized spacial score (nSPS) is 19.2. The van der Waals surface area contributed by atoms with Crippen LogP contribution in [0.25, 0.3) is 0 Å². The fraction of sp³-hybridized carbons (Fsp3) is 0.619. The summed E-state index contributed by atoms with van der Waals surface area (Å²) in [5.41, 5.74) is 0.541. The Morgan fingerprint density at radius 3 is 2.52 bits per heavy atom. The molecule has 2 N–H and O–H groups in total. The summed E-state index contributed by atoms with van der Waals surface area (Å²) in [6.07, 6.45) is 2.87. The van der Waals surface area contributed by atoms with Crippen molar-refractivity contribution in [1.82, 2.24) is 20.4 Å². The highest BCUT2D eigenvalue weighted by atomic mass is 19.1. The molecule has 2 fully saturated rings. The zero-order valence-electron chi connectivity index (χ0n) is 17.3. The maximum atomic E-state index is 14.3. The Labute approximate surface area is 171 Å². The molecule has 3 rings (SSSR count). The third-order valence-corrected chi connectivity index (χ3v) is 5.41. The van der Waals surface area contributed by atoms with Gasteiger partial charge in [-0.15, -0.1) is 0 Å². The van der Waals surface area contributed by atoms with E-state index in [0.717, 1.165) is 64.0 Å². The highest BCUT2D eigenvalue weighted by Gasteiger charge is 2.27. The first kappa shape index (κ1) is 21.5. The first-order valence-electron chi connectivity index (χ1n) is 10.5. The summed E-state index contributed by atoms with van der Waals surface area (Å²) in [7, 11) is 0. The Balaban J connectivity index is 1.59. The molecule has 1 aromatic carbocycles. The summed E-state index contributed by atoms with van der Waals surface area (Å²) in [6, 6.07) is 4.08. The zero-order valence-corrected chi connectivity index (χ0v) is 17.3. The fourth-order valence-corrected chi connectivity index (χ4v) is 3.77. The predicted molar refractivity (Wildman–Crippen MR) is 110 cm³/mol. The molecule has 1 saturated heterocycles. The van der Waals surface area contributed by atoms with Gasteiger partial charge in [-0.3, -0.25) is 9.69 Å². The van der Waals surface area contributed by atoms with Gasteiger partial charge >= 0.3 is 0 Å². The van der Waals surface area contributed by atoms with Crippen molar-refractivity contribution < 1.29 is 13.6 Å². The van der Waals surface area contributed by atoms with Crippen molar-refractivity contribution in [2.45, 2.75) is 45.2 Å². The van der Waals surface area contributed by atoms with Crippen LogP contribution in [0.15, 0.2) is 23.2 Å². The molecule has 1 heterocycles. The molecule has 1 aromatic rings. The van der Waals surface area contributed by atoms with Crippen LogP contribution in [0.5, 0.6) is 0 Å². The second-order valence-corrected chi connectivity index (χ2v) is 7.62. The third kappa shape index (κ3) is 5.88. The molecule has 1 atom stereocenters. The van der Waals surface area contributed by atoms with Crippen LogP contribution >= 0.6 is 0 Å². The van der Waals surface area contributed by atoms with Crippen molar-refractivity contribution in [2.24, 2.45) is 4.99 Å². The molecule has 1 unspecified atom stereocenters. The molecule has 29 heavy (non-hydrogen) atoms. The highest BCUT2D eigenvalue weighted by molar-refractivity contribution is 5.85. The second kappa shape index (κ2) is 10.0. The Kier molecular flexibility index (Phi) is 7.41. The van der Waals surface area contributed by atoms with Crippen LogP contribution in [0.2, 0.25) is 0 Å². The van der Waals surface area contributed by atoms with E-state index in [-0.39, 0.29) is 18.5 Å². The minimum Gasteiger partial charge on any atom is -0.357 e. The lowest BCUT2D eigenvalue weighted by molar-refractivity contribution is -0.119. The van der Waals surface area contributed by atoms with Gasteiger partial charge in [0, 0.05) is 56.4 Å². The zero-order chi connectivity index (χ0) is 20.8. The number of rotatable bonds is 7. The number of amides is 1. The van der Waals surface area contributed by atoms with Crippen LogP contribution in [0.3, 0.4) is 0 Å². The molecular weight excluding hydrogens is 376 g/mol. The summed E-state index contributed by atoms with van der Waals surface area (Å²) in [5, 5.41) is 6.21. The molecule has 0 bridgehead atoms. The van der Waals surface area contributed by atoms with Gasteiger partial charge in [0.1, 0.15) is 18.2 Å². The van der Waals surface area contributed by atoms with Gasteiger partial charge in [-0.05, 0) is 32.3 Å². The molecule has 1 aliphatic heterocycles. The Morgan fingerprint density at radius 1 is 1.21 bits per heavy atom. The van der Waals surface area contributed by atoms with Gasteiger partial charge in [0.2, 0.25) is 5.91 Å². The van der Waals surface area contributed by atoms with E-state index >= 15 is 0 Å². The number of carbonyl (C=O) groups is 1. The SMILES string of the molecule is CCNC(=NCC(=O)NC1CC1)N1CCN(C(CC)c2ccc(F)cc2F)CC1. The molecule has 6 nitrogen and oxygen atoms in total. The van der Waals surface area contributed by atoms with E-state index in [1.807, 2.05) is 13.8 Å². The summed E-state index contributed by atoms with van der Waals surface area (Å²) in [5.74, 6) is -0.350. The number of carbonyl (C=O) groups excluding carboxylic acids is 1. The standard InChI is InChI=1S/C21H31F2N5O/c1-3-19(17-8-5-15(22)13-18(17)23)27-9-11-28(12-10-27)21(24-4-2)25-14-20(29)26-16-6-7-16/h5,8,13,16,19H,3-4,6-7,9-12,14H2,1-2H3,(H,24,25)(H,26,29). The first-order valence-corrected chi connectivity index (χ1v) is 10.5. The molecule has 0 radical (unpaired) electrons. The van der Waals surface area contributed by atoms with E-state index in [0.29, 0.717) is 11.6 Å². The second-order valence-electron chi connectivity index (χ2n) is 7.62. The topological polar surface area (TPSA) is 60.0 Å². The van der Waals surface area contributed by atoms with Crippen molar-refractivity contribution in [3.05, 3.63) is 35.4 Å². The number of piperazine rings is 1. The van der Waals surface area contributed by atoms with Crippen molar-refractivity contribution in [3.63, 3.8) is 0 Å². The summed E-state index contributed by atoms with van der Waals surface area (Å²) in [4.78, 5) is 20.8. The maximum Gasteiger partial charge on any atom is 0.242 e. The lowest BCUT2D eigenvalue weighted by atomic mass is 10.0. The predicted octanol–water partition coefficient (Wildman–Crippen LogP) is 2.28. The van der Waals surface area contributed by atoms with Crippen LogP contribution in [-0.4, -0.2) is 67.0 Å². The minimum absolute atomic E-state index is 0.0422. The number of hydrogen-bond acceptors (Lipinski definition) is 3. The van der Waals surface area contributed by atoms with E-state index in [1.165, 1.54) is 6.07 Å². The van der Waals surface area contributed by atoms with Gasteiger partial charge in [0.15, 0.2) is 5.96 Å². The van der Waals surface area contributed by atoms with Gasteiger partial charge in [-0.1, -0.05) is 13.0 Å². The van der Waals surface area contributed by atoms with Crippen molar-refractivity contribution in [2.75, 3.05) is 39.3 Å². The summed E-state index contributed by atoms with van der Waals surface area (Å²) in [6.45, 7) is 7.82. The molecule has 160 valence electrons. The number of hydrogen-bond donors (Lipinski definition) is 2. The Morgan fingerprint density at radius 2 is 1.93 bits per heavy atom. The van der Waals surface area contributed by atoms with Gasteiger partial charge in [-0.2, -0.15) is 0 Å². The highest BCUT2D eigenvalue weighted by Crippen LogP contribution is 2.28. The number of halogens is 2. The molecule has 1 aliphatic carbocycles. The fourth-order valence-electron chi connectivity index (χ4n) is 3.77. The quantitative estimate of drug-likeness (QED) is 0.538. The lowest BCUT2D eigenvalue weighted by Gasteiger charge is -2.40. The van der Waals surface area contributed by atoms with Gasteiger partial charge in [0.05, 0.1) is 0 Å². The third-order valence-electron chi connectivity index (χ3n) is 5.41. The first-order chi connectivity index (χ1) is 14.0. The van der Waals surface area contributed by atoms with Crippen molar-refractivity contribution >= 4 is 11.9 Å². The van der Waals surface area contributed by atoms with E-state index in [4.69, 9.17) is 0 Å². The molecule has 0 aromatic heterocycles. The van der Waals surface area contributed by atoms with E-state index in [1.54, 1.807) is 6.07 Å². The lowest BCUT2D eigenvalue weighted by Crippen LogP contribution is -2.53. The van der Waals surface area contributed by atoms with Crippen molar-refractivity contribution in [1.29, 1.82) is 0 Å². The van der Waals surface area contributed by atoms with Gasteiger partial charge in [-0.25, -0.2) is 13.8 Å². The largest absolute Gasteiger partial charge is 0.357 e. The molecule has 8 heteroatoms. The Bertz CT molecular complexity index is 730. The van der Waals surface area contributed by atoms with Crippen molar-refractivity contribution in [3.8, 4) is 0 Å².